The van der Waals surface area contributed by atoms with Crippen LogP contribution >= 0.6 is 0 Å². The molecule has 0 spiro atoms. The van der Waals surface area contributed by atoms with Crippen molar-refractivity contribution in [3.63, 3.8) is 0 Å². The summed E-state index contributed by atoms with van der Waals surface area (Å²) < 4.78 is 1.77. The van der Waals surface area contributed by atoms with Crippen molar-refractivity contribution < 1.29 is 5.11 Å². The minimum absolute atomic E-state index is 0.220. The van der Waals surface area contributed by atoms with Gasteiger partial charge in [0.2, 0.25) is 0 Å². The van der Waals surface area contributed by atoms with Gasteiger partial charge in [-0.2, -0.15) is 5.26 Å². The average molecular weight is 311 g/mol. The molecule has 2 aromatic rings. The quantitative estimate of drug-likeness (QED) is 0.940. The molecule has 1 fully saturated rings. The Hall–Kier alpha value is -2.39. The number of rotatable bonds is 3. The summed E-state index contributed by atoms with van der Waals surface area (Å²) in [4.78, 5) is 2.14. The van der Waals surface area contributed by atoms with Crippen molar-refractivity contribution in [3.05, 3.63) is 41.7 Å². The van der Waals surface area contributed by atoms with Gasteiger partial charge in [0.1, 0.15) is 11.3 Å². The Morgan fingerprint density at radius 2 is 2.04 bits per heavy atom. The zero-order valence-electron chi connectivity index (χ0n) is 13.5. The van der Waals surface area contributed by atoms with E-state index in [-0.39, 0.29) is 6.04 Å². The minimum Gasteiger partial charge on any atom is -0.382 e. The molecule has 0 radical (unpaired) electrons. The fourth-order valence-corrected chi connectivity index (χ4v) is 2.95. The summed E-state index contributed by atoms with van der Waals surface area (Å²) in [6.45, 7) is 5.43. The third-order valence-electron chi connectivity index (χ3n) is 4.35. The number of β-amino-alcohol motifs (C(OH)–C–C–N with tert-alkyl or cyclic N) is 1. The van der Waals surface area contributed by atoms with Crippen LogP contribution in [0.1, 0.15) is 44.0 Å². The number of piperidine rings is 1. The van der Waals surface area contributed by atoms with Crippen LogP contribution in [0.15, 0.2) is 30.5 Å². The van der Waals surface area contributed by atoms with Gasteiger partial charge in [-0.25, -0.2) is 4.68 Å². The van der Waals surface area contributed by atoms with E-state index in [1.165, 1.54) is 0 Å². The second kappa shape index (κ2) is 6.01. The number of nitriles is 1. The molecule has 3 rings (SSSR count). The Morgan fingerprint density at radius 3 is 2.65 bits per heavy atom. The fraction of sp³-hybridized carbons (Fsp3) is 0.471. The molecule has 1 aliphatic rings. The molecule has 0 saturated carbocycles. The molecule has 1 aliphatic heterocycles. The maximum absolute atomic E-state index is 11.1. The van der Waals surface area contributed by atoms with Crippen molar-refractivity contribution in [2.45, 2.75) is 38.3 Å². The Kier molecular flexibility index (Phi) is 4.05. The third kappa shape index (κ3) is 3.06. The third-order valence-corrected chi connectivity index (χ3v) is 4.35. The van der Waals surface area contributed by atoms with E-state index in [4.69, 9.17) is 5.26 Å². The van der Waals surface area contributed by atoms with Gasteiger partial charge in [0.05, 0.1) is 24.4 Å². The Balaban J connectivity index is 1.82. The summed E-state index contributed by atoms with van der Waals surface area (Å²) >= 11 is 0. The lowest BCUT2D eigenvalue weighted by atomic mass is 9.89. The van der Waals surface area contributed by atoms with Crippen molar-refractivity contribution in [2.24, 2.45) is 0 Å². The fourth-order valence-electron chi connectivity index (χ4n) is 2.95. The van der Waals surface area contributed by atoms with E-state index in [0.29, 0.717) is 24.2 Å². The highest BCUT2D eigenvalue weighted by Gasteiger charge is 2.37. The van der Waals surface area contributed by atoms with Gasteiger partial charge in [0.25, 0.3) is 0 Å². The lowest BCUT2D eigenvalue weighted by Gasteiger charge is -2.39. The molecule has 1 aromatic carbocycles. The summed E-state index contributed by atoms with van der Waals surface area (Å²) in [6, 6.07) is 9.80. The molecule has 120 valence electrons. The predicted octanol–water partition coefficient (Wildman–Crippen LogP) is 2.22. The Bertz CT molecular complexity index is 715. The van der Waals surface area contributed by atoms with E-state index >= 15 is 0 Å². The number of aromatic nitrogens is 3. The zero-order valence-corrected chi connectivity index (χ0v) is 13.5. The van der Waals surface area contributed by atoms with Crippen LogP contribution in [-0.4, -0.2) is 33.2 Å². The molecule has 1 N–H and O–H groups in total. The van der Waals surface area contributed by atoms with Crippen LogP contribution in [0.3, 0.4) is 0 Å². The van der Waals surface area contributed by atoms with E-state index in [9.17, 15) is 5.11 Å². The van der Waals surface area contributed by atoms with Crippen LogP contribution in [0, 0.1) is 11.3 Å². The standard InChI is InChI=1S/C17H21N5O/c1-13(2)22-11-16(19-20-22)17(23)8-3-9-21(12-17)15-6-4-14(10-18)5-7-15/h4-7,11,13,23H,3,8-9,12H2,1-2H3/t17-/m1/s1. The molecule has 0 bridgehead atoms. The molecule has 2 heterocycles. The maximum Gasteiger partial charge on any atom is 0.127 e. The van der Waals surface area contributed by atoms with Crippen molar-refractivity contribution in [1.82, 2.24) is 15.0 Å². The van der Waals surface area contributed by atoms with Crippen molar-refractivity contribution >= 4 is 5.69 Å². The van der Waals surface area contributed by atoms with Gasteiger partial charge in [-0.1, -0.05) is 5.21 Å². The van der Waals surface area contributed by atoms with Gasteiger partial charge in [-0.3, -0.25) is 0 Å². The van der Waals surface area contributed by atoms with E-state index in [2.05, 4.69) is 21.3 Å². The smallest absolute Gasteiger partial charge is 0.127 e. The maximum atomic E-state index is 11.1. The molecule has 0 aliphatic carbocycles. The lowest BCUT2D eigenvalue weighted by Crippen LogP contribution is -2.46. The van der Waals surface area contributed by atoms with Crippen LogP contribution in [0.2, 0.25) is 0 Å². The molecule has 1 saturated heterocycles. The van der Waals surface area contributed by atoms with E-state index in [0.717, 1.165) is 18.7 Å². The van der Waals surface area contributed by atoms with Gasteiger partial charge in [-0.15, -0.1) is 5.10 Å². The topological polar surface area (TPSA) is 78.0 Å². The van der Waals surface area contributed by atoms with Crippen LogP contribution < -0.4 is 4.90 Å². The number of aliphatic hydroxyl groups is 1. The number of nitrogens with zero attached hydrogens (tertiary/aromatic N) is 5. The largest absolute Gasteiger partial charge is 0.382 e. The molecule has 6 heteroatoms. The first-order chi connectivity index (χ1) is 11.0. The van der Waals surface area contributed by atoms with Gasteiger partial charge in [0, 0.05) is 18.3 Å². The normalized spacial score (nSPS) is 21.4. The summed E-state index contributed by atoms with van der Waals surface area (Å²) in [5, 5.41) is 28.2. The molecule has 0 unspecified atom stereocenters. The van der Waals surface area contributed by atoms with Crippen LogP contribution in [0.5, 0.6) is 0 Å². The molecule has 0 amide bonds. The number of anilines is 1. The number of benzene rings is 1. The molecule has 6 nitrogen and oxygen atoms in total. The van der Waals surface area contributed by atoms with E-state index in [1.54, 1.807) is 16.8 Å². The highest BCUT2D eigenvalue weighted by molar-refractivity contribution is 5.50. The summed E-state index contributed by atoms with van der Waals surface area (Å²) in [5.74, 6) is 0. The SMILES string of the molecule is CC(C)n1cc([C@@]2(O)CCCN(c3ccc(C#N)cc3)C2)nn1. The van der Waals surface area contributed by atoms with E-state index in [1.807, 2.05) is 32.2 Å². The first kappa shape index (κ1) is 15.5. The van der Waals surface area contributed by atoms with Crippen LogP contribution in [0.4, 0.5) is 5.69 Å². The van der Waals surface area contributed by atoms with Crippen molar-refractivity contribution in [3.8, 4) is 6.07 Å². The van der Waals surface area contributed by atoms with Crippen LogP contribution in [-0.2, 0) is 5.60 Å². The minimum atomic E-state index is -0.987. The molecule has 1 atom stereocenters. The highest BCUT2D eigenvalue weighted by Crippen LogP contribution is 2.33. The van der Waals surface area contributed by atoms with Gasteiger partial charge in [0.15, 0.2) is 0 Å². The summed E-state index contributed by atoms with van der Waals surface area (Å²) in [5.41, 5.74) is 1.29. The first-order valence-corrected chi connectivity index (χ1v) is 7.92. The molecule has 1 aromatic heterocycles. The number of hydrogen-bond donors (Lipinski definition) is 1. The number of hydrogen-bond acceptors (Lipinski definition) is 5. The molecular formula is C17H21N5O. The summed E-state index contributed by atoms with van der Waals surface area (Å²) in [7, 11) is 0. The van der Waals surface area contributed by atoms with E-state index < -0.39 is 5.60 Å². The Labute approximate surface area is 136 Å². The summed E-state index contributed by atoms with van der Waals surface area (Å²) in [6.07, 6.45) is 3.40. The lowest BCUT2D eigenvalue weighted by molar-refractivity contribution is 0.0176. The highest BCUT2D eigenvalue weighted by atomic mass is 16.3. The van der Waals surface area contributed by atoms with Gasteiger partial charge >= 0.3 is 0 Å². The van der Waals surface area contributed by atoms with Gasteiger partial charge in [-0.05, 0) is 51.0 Å². The van der Waals surface area contributed by atoms with Gasteiger partial charge < -0.3 is 10.0 Å². The predicted molar refractivity (Wildman–Crippen MR) is 86.9 cm³/mol. The van der Waals surface area contributed by atoms with Crippen molar-refractivity contribution in [2.75, 3.05) is 18.0 Å². The van der Waals surface area contributed by atoms with Crippen LogP contribution in [0.25, 0.3) is 0 Å². The Morgan fingerprint density at radius 1 is 1.30 bits per heavy atom. The zero-order chi connectivity index (χ0) is 16.4. The first-order valence-electron chi connectivity index (χ1n) is 7.92. The monoisotopic (exact) mass is 311 g/mol. The average Bonchev–Trinajstić information content (AvgIpc) is 3.06. The van der Waals surface area contributed by atoms with Crippen molar-refractivity contribution in [1.29, 1.82) is 5.26 Å². The molecule has 23 heavy (non-hydrogen) atoms. The second-order valence-corrected chi connectivity index (χ2v) is 6.39. The molecular weight excluding hydrogens is 290 g/mol. The second-order valence-electron chi connectivity index (χ2n) is 6.39.